The fourth-order valence-electron chi connectivity index (χ4n) is 2.25. The highest BCUT2D eigenvalue weighted by Gasteiger charge is 2.03. The van der Waals surface area contributed by atoms with Gasteiger partial charge in [0, 0.05) is 35.5 Å². The van der Waals surface area contributed by atoms with Gasteiger partial charge in [0.25, 0.3) is 0 Å². The largest absolute Gasteiger partial charge is 0.357 e. The maximum absolute atomic E-state index is 6.19. The van der Waals surface area contributed by atoms with Gasteiger partial charge in [-0.2, -0.15) is 0 Å². The summed E-state index contributed by atoms with van der Waals surface area (Å²) < 4.78 is 0. The maximum Gasteiger partial charge on any atom is 0.191 e. The number of aliphatic imine (C=N–C) groups is 1. The third-order valence-electron chi connectivity index (χ3n) is 3.59. The smallest absolute Gasteiger partial charge is 0.191 e. The van der Waals surface area contributed by atoms with Crippen molar-refractivity contribution < 1.29 is 0 Å². The number of hydrogen-bond acceptors (Lipinski definition) is 2. The summed E-state index contributed by atoms with van der Waals surface area (Å²) in [7, 11) is 0. The molecule has 0 unspecified atom stereocenters. The summed E-state index contributed by atoms with van der Waals surface area (Å²) in [6, 6.07) is 7.51. The molecule has 2 N–H and O–H groups in total. The lowest BCUT2D eigenvalue weighted by atomic mass is 10.1. The Morgan fingerprint density at radius 2 is 2.00 bits per heavy atom. The van der Waals surface area contributed by atoms with E-state index in [1.807, 2.05) is 31.5 Å². The van der Waals surface area contributed by atoms with E-state index in [0.29, 0.717) is 16.6 Å². The Bertz CT molecular complexity index is 701. The monoisotopic (exact) mass is 364 g/mol. The maximum atomic E-state index is 6.19. The summed E-state index contributed by atoms with van der Waals surface area (Å²) in [5.74, 6) is 0.773. The predicted octanol–water partition coefficient (Wildman–Crippen LogP) is 3.99. The number of guanidine groups is 1. The number of nitrogens with zero attached hydrogens (tertiary/aromatic N) is 2. The lowest BCUT2D eigenvalue weighted by molar-refractivity contribution is 0.796. The Kier molecular flexibility index (Phi) is 7.35. The lowest BCUT2D eigenvalue weighted by Gasteiger charge is -2.12. The van der Waals surface area contributed by atoms with E-state index in [1.54, 1.807) is 6.07 Å². The van der Waals surface area contributed by atoms with E-state index in [0.717, 1.165) is 31.0 Å². The average Bonchev–Trinajstić information content (AvgIpc) is 2.55. The first-order valence-corrected chi connectivity index (χ1v) is 8.71. The van der Waals surface area contributed by atoms with E-state index in [1.165, 1.54) is 11.1 Å². The minimum atomic E-state index is 0.500. The van der Waals surface area contributed by atoms with E-state index in [9.17, 15) is 0 Å². The molecule has 0 saturated carbocycles. The highest BCUT2D eigenvalue weighted by atomic mass is 35.5. The minimum absolute atomic E-state index is 0.500. The quantitative estimate of drug-likeness (QED) is 0.601. The average molecular weight is 365 g/mol. The SMILES string of the molecule is CCNC(=NCc1ccc(Cl)cc1Cl)NCCc1ccncc1C. The number of benzene rings is 1. The molecule has 0 aliphatic carbocycles. The van der Waals surface area contributed by atoms with Crippen molar-refractivity contribution in [3.05, 3.63) is 63.4 Å². The van der Waals surface area contributed by atoms with Crippen LogP contribution in [-0.2, 0) is 13.0 Å². The van der Waals surface area contributed by atoms with Gasteiger partial charge in [-0.3, -0.25) is 4.98 Å². The standard InChI is InChI=1S/C18H22Cl2N4/c1-3-22-18(23-9-7-14-6-8-21-11-13(14)2)24-12-15-4-5-16(19)10-17(15)20/h4-6,8,10-11H,3,7,9,12H2,1-2H3,(H2,22,23,24). The molecule has 24 heavy (non-hydrogen) atoms. The van der Waals surface area contributed by atoms with Gasteiger partial charge in [0.2, 0.25) is 0 Å². The molecule has 128 valence electrons. The molecule has 0 aliphatic heterocycles. The van der Waals surface area contributed by atoms with Gasteiger partial charge in [-0.15, -0.1) is 0 Å². The zero-order valence-corrected chi connectivity index (χ0v) is 15.5. The van der Waals surface area contributed by atoms with Crippen LogP contribution in [0.5, 0.6) is 0 Å². The molecular weight excluding hydrogens is 343 g/mol. The van der Waals surface area contributed by atoms with Crippen molar-refractivity contribution in [3.8, 4) is 0 Å². The summed E-state index contributed by atoms with van der Waals surface area (Å²) >= 11 is 12.1. The summed E-state index contributed by atoms with van der Waals surface area (Å²) in [5, 5.41) is 7.85. The Morgan fingerprint density at radius 1 is 1.17 bits per heavy atom. The number of rotatable bonds is 6. The van der Waals surface area contributed by atoms with Gasteiger partial charge in [0.1, 0.15) is 0 Å². The second-order valence-electron chi connectivity index (χ2n) is 5.41. The molecule has 1 heterocycles. The topological polar surface area (TPSA) is 49.3 Å². The van der Waals surface area contributed by atoms with Gasteiger partial charge in [0.15, 0.2) is 5.96 Å². The number of nitrogens with one attached hydrogen (secondary N) is 2. The van der Waals surface area contributed by atoms with Crippen molar-refractivity contribution in [2.24, 2.45) is 4.99 Å². The highest BCUT2D eigenvalue weighted by Crippen LogP contribution is 2.21. The molecule has 6 heteroatoms. The van der Waals surface area contributed by atoms with Crippen LogP contribution in [0.4, 0.5) is 0 Å². The van der Waals surface area contributed by atoms with Crippen LogP contribution in [0.2, 0.25) is 10.0 Å². The number of pyridine rings is 1. The summed E-state index contributed by atoms with van der Waals surface area (Å²) in [6.07, 6.45) is 4.63. The lowest BCUT2D eigenvalue weighted by Crippen LogP contribution is -2.38. The minimum Gasteiger partial charge on any atom is -0.357 e. The molecule has 0 atom stereocenters. The first kappa shape index (κ1) is 18.6. The predicted molar refractivity (Wildman–Crippen MR) is 102 cm³/mol. The molecule has 2 rings (SSSR count). The van der Waals surface area contributed by atoms with Crippen LogP contribution in [0.15, 0.2) is 41.7 Å². The fourth-order valence-corrected chi connectivity index (χ4v) is 2.72. The van der Waals surface area contributed by atoms with Gasteiger partial charge in [0.05, 0.1) is 6.54 Å². The summed E-state index contributed by atoms with van der Waals surface area (Å²) in [4.78, 5) is 8.70. The van der Waals surface area contributed by atoms with Crippen molar-refractivity contribution in [2.45, 2.75) is 26.8 Å². The molecule has 0 saturated heterocycles. The zero-order valence-electron chi connectivity index (χ0n) is 13.9. The number of halogens is 2. The van der Waals surface area contributed by atoms with Crippen LogP contribution in [-0.4, -0.2) is 24.0 Å². The van der Waals surface area contributed by atoms with Crippen LogP contribution in [0.1, 0.15) is 23.6 Å². The van der Waals surface area contributed by atoms with E-state index >= 15 is 0 Å². The molecule has 0 radical (unpaired) electrons. The van der Waals surface area contributed by atoms with Crippen LogP contribution in [0, 0.1) is 6.92 Å². The molecule has 1 aromatic heterocycles. The van der Waals surface area contributed by atoms with Crippen LogP contribution >= 0.6 is 23.2 Å². The highest BCUT2D eigenvalue weighted by molar-refractivity contribution is 6.35. The number of hydrogen-bond donors (Lipinski definition) is 2. The fraction of sp³-hybridized carbons (Fsp3) is 0.333. The van der Waals surface area contributed by atoms with Crippen molar-refractivity contribution in [3.63, 3.8) is 0 Å². The molecule has 0 spiro atoms. The van der Waals surface area contributed by atoms with Crippen molar-refractivity contribution >= 4 is 29.2 Å². The van der Waals surface area contributed by atoms with Crippen molar-refractivity contribution in [2.75, 3.05) is 13.1 Å². The van der Waals surface area contributed by atoms with E-state index in [2.05, 4.69) is 33.6 Å². The van der Waals surface area contributed by atoms with Gasteiger partial charge in [-0.1, -0.05) is 29.3 Å². The molecule has 4 nitrogen and oxygen atoms in total. The molecule has 0 fully saturated rings. The Hall–Kier alpha value is -1.78. The normalized spacial score (nSPS) is 11.4. The van der Waals surface area contributed by atoms with Crippen LogP contribution in [0.25, 0.3) is 0 Å². The van der Waals surface area contributed by atoms with Gasteiger partial charge >= 0.3 is 0 Å². The molecule has 2 aromatic rings. The summed E-state index contributed by atoms with van der Waals surface area (Å²) in [6.45, 7) is 6.21. The van der Waals surface area contributed by atoms with Gasteiger partial charge in [-0.05, 0) is 55.2 Å². The molecular formula is C18H22Cl2N4. The van der Waals surface area contributed by atoms with E-state index in [4.69, 9.17) is 23.2 Å². The first-order chi connectivity index (χ1) is 11.6. The molecule has 0 amide bonds. The van der Waals surface area contributed by atoms with E-state index < -0.39 is 0 Å². The second kappa shape index (κ2) is 9.50. The van der Waals surface area contributed by atoms with E-state index in [-0.39, 0.29) is 0 Å². The third-order valence-corrected chi connectivity index (χ3v) is 4.18. The Labute approximate surface area is 153 Å². The van der Waals surface area contributed by atoms with Crippen LogP contribution < -0.4 is 10.6 Å². The Morgan fingerprint density at radius 3 is 2.71 bits per heavy atom. The van der Waals surface area contributed by atoms with Crippen molar-refractivity contribution in [1.82, 2.24) is 15.6 Å². The third kappa shape index (κ3) is 5.69. The first-order valence-electron chi connectivity index (χ1n) is 7.95. The van der Waals surface area contributed by atoms with Gasteiger partial charge < -0.3 is 10.6 Å². The summed E-state index contributed by atoms with van der Waals surface area (Å²) in [5.41, 5.74) is 3.44. The second-order valence-corrected chi connectivity index (χ2v) is 6.25. The van der Waals surface area contributed by atoms with Gasteiger partial charge in [-0.25, -0.2) is 4.99 Å². The van der Waals surface area contributed by atoms with Crippen LogP contribution in [0.3, 0.4) is 0 Å². The number of aromatic nitrogens is 1. The Balaban J connectivity index is 1.94. The van der Waals surface area contributed by atoms with Crippen molar-refractivity contribution in [1.29, 1.82) is 0 Å². The molecule has 1 aromatic carbocycles. The molecule has 0 aliphatic rings. The molecule has 0 bridgehead atoms. The number of aryl methyl sites for hydroxylation is 1. The zero-order chi connectivity index (χ0) is 17.4.